The minimum Gasteiger partial charge on any atom is -0.353 e. The maximum absolute atomic E-state index is 5.82. The van der Waals surface area contributed by atoms with Crippen molar-refractivity contribution in [2.24, 2.45) is 0 Å². The zero-order chi connectivity index (χ0) is 13.6. The molecular weight excluding hydrogens is 270 g/mol. The predicted octanol–water partition coefficient (Wildman–Crippen LogP) is 3.90. The van der Waals surface area contributed by atoms with Gasteiger partial charge in [0.05, 0.1) is 6.61 Å². The molecule has 2 aromatic heterocycles. The standard InChI is InChI=1S/C16H19NO2S/c1-2-10-18-15(3-1)19-11-6-14-7-12-20-16(14)13-4-8-17-9-5-13/h4-5,7-9,12,15H,1-3,6,10-11H2. The van der Waals surface area contributed by atoms with E-state index in [9.17, 15) is 0 Å². The summed E-state index contributed by atoms with van der Waals surface area (Å²) in [5.74, 6) is 0. The van der Waals surface area contributed by atoms with Gasteiger partial charge in [-0.05, 0) is 60.4 Å². The Morgan fingerprint density at radius 3 is 2.95 bits per heavy atom. The molecule has 0 amide bonds. The fraction of sp³-hybridized carbons (Fsp3) is 0.438. The highest BCUT2D eigenvalue weighted by Crippen LogP contribution is 2.29. The van der Waals surface area contributed by atoms with Gasteiger partial charge in [-0.25, -0.2) is 0 Å². The highest BCUT2D eigenvalue weighted by Gasteiger charge is 2.14. The SMILES string of the molecule is c1cc(-c2sccc2CCOC2CCCCO2)ccn1. The molecule has 1 aliphatic heterocycles. The molecule has 3 heterocycles. The lowest BCUT2D eigenvalue weighted by molar-refractivity contribution is -0.161. The van der Waals surface area contributed by atoms with Gasteiger partial charge in [0.15, 0.2) is 6.29 Å². The average molecular weight is 289 g/mol. The number of pyridine rings is 1. The molecule has 106 valence electrons. The van der Waals surface area contributed by atoms with Gasteiger partial charge >= 0.3 is 0 Å². The van der Waals surface area contributed by atoms with Crippen LogP contribution in [-0.4, -0.2) is 24.5 Å². The molecule has 3 nitrogen and oxygen atoms in total. The summed E-state index contributed by atoms with van der Waals surface area (Å²) < 4.78 is 11.4. The third kappa shape index (κ3) is 3.45. The van der Waals surface area contributed by atoms with Crippen LogP contribution < -0.4 is 0 Å². The molecule has 0 radical (unpaired) electrons. The Morgan fingerprint density at radius 2 is 2.15 bits per heavy atom. The zero-order valence-corrected chi connectivity index (χ0v) is 12.3. The highest BCUT2D eigenvalue weighted by molar-refractivity contribution is 7.13. The van der Waals surface area contributed by atoms with E-state index in [4.69, 9.17) is 9.47 Å². The maximum atomic E-state index is 5.82. The van der Waals surface area contributed by atoms with Crippen LogP contribution in [0.25, 0.3) is 10.4 Å². The molecule has 0 aromatic carbocycles. The quantitative estimate of drug-likeness (QED) is 0.836. The first-order valence-corrected chi connectivity index (χ1v) is 8.01. The molecule has 0 spiro atoms. The number of hydrogen-bond donors (Lipinski definition) is 0. The summed E-state index contributed by atoms with van der Waals surface area (Å²) in [6.45, 7) is 1.56. The number of thiophene rings is 1. The molecule has 20 heavy (non-hydrogen) atoms. The number of nitrogens with zero attached hydrogens (tertiary/aromatic N) is 1. The van der Waals surface area contributed by atoms with Gasteiger partial charge in [0.2, 0.25) is 0 Å². The fourth-order valence-corrected chi connectivity index (χ4v) is 3.39. The molecule has 1 atom stereocenters. The van der Waals surface area contributed by atoms with Crippen LogP contribution >= 0.6 is 11.3 Å². The van der Waals surface area contributed by atoms with Gasteiger partial charge in [-0.1, -0.05) is 0 Å². The summed E-state index contributed by atoms with van der Waals surface area (Å²) in [6.07, 6.45) is 8.02. The molecule has 0 saturated carbocycles. The third-order valence-corrected chi connectivity index (χ3v) is 4.51. The van der Waals surface area contributed by atoms with Crippen molar-refractivity contribution in [3.8, 4) is 10.4 Å². The number of rotatable bonds is 5. The Morgan fingerprint density at radius 1 is 1.25 bits per heavy atom. The average Bonchev–Trinajstić information content (AvgIpc) is 2.98. The van der Waals surface area contributed by atoms with Crippen molar-refractivity contribution in [2.45, 2.75) is 32.0 Å². The van der Waals surface area contributed by atoms with Crippen LogP contribution in [0.4, 0.5) is 0 Å². The molecule has 4 heteroatoms. The van der Waals surface area contributed by atoms with Crippen molar-refractivity contribution < 1.29 is 9.47 Å². The van der Waals surface area contributed by atoms with Gasteiger partial charge in [0, 0.05) is 23.9 Å². The lowest BCUT2D eigenvalue weighted by Gasteiger charge is -2.22. The van der Waals surface area contributed by atoms with E-state index in [-0.39, 0.29) is 6.29 Å². The number of hydrogen-bond acceptors (Lipinski definition) is 4. The van der Waals surface area contributed by atoms with E-state index in [0.717, 1.165) is 32.5 Å². The summed E-state index contributed by atoms with van der Waals surface area (Å²) in [6, 6.07) is 6.30. The van der Waals surface area contributed by atoms with E-state index in [0.29, 0.717) is 0 Å². The van der Waals surface area contributed by atoms with E-state index in [1.54, 1.807) is 11.3 Å². The van der Waals surface area contributed by atoms with Crippen LogP contribution in [0.15, 0.2) is 36.0 Å². The van der Waals surface area contributed by atoms with Crippen molar-refractivity contribution in [1.29, 1.82) is 0 Å². The normalized spacial score (nSPS) is 19.1. The molecule has 1 unspecified atom stereocenters. The van der Waals surface area contributed by atoms with Gasteiger partial charge in [-0.15, -0.1) is 11.3 Å². The van der Waals surface area contributed by atoms with Crippen molar-refractivity contribution >= 4 is 11.3 Å². The zero-order valence-electron chi connectivity index (χ0n) is 11.5. The van der Waals surface area contributed by atoms with E-state index in [2.05, 4.69) is 28.6 Å². The van der Waals surface area contributed by atoms with Crippen LogP contribution in [-0.2, 0) is 15.9 Å². The largest absolute Gasteiger partial charge is 0.353 e. The van der Waals surface area contributed by atoms with Crippen LogP contribution in [0, 0.1) is 0 Å². The van der Waals surface area contributed by atoms with Gasteiger partial charge in [0.1, 0.15) is 0 Å². The van der Waals surface area contributed by atoms with E-state index < -0.39 is 0 Å². The molecule has 3 rings (SSSR count). The Hall–Kier alpha value is -1.23. The fourth-order valence-electron chi connectivity index (χ4n) is 2.43. The van der Waals surface area contributed by atoms with Crippen LogP contribution in [0.5, 0.6) is 0 Å². The third-order valence-electron chi connectivity index (χ3n) is 3.50. The van der Waals surface area contributed by atoms with Crippen molar-refractivity contribution in [3.05, 3.63) is 41.5 Å². The minimum absolute atomic E-state index is 0.00626. The second-order valence-electron chi connectivity index (χ2n) is 4.93. The molecule has 2 aromatic rings. The van der Waals surface area contributed by atoms with Crippen LogP contribution in [0.1, 0.15) is 24.8 Å². The first kappa shape index (κ1) is 13.7. The first-order valence-electron chi connectivity index (χ1n) is 7.13. The number of ether oxygens (including phenoxy) is 2. The van der Waals surface area contributed by atoms with Crippen molar-refractivity contribution in [1.82, 2.24) is 4.98 Å². The minimum atomic E-state index is 0.00626. The maximum Gasteiger partial charge on any atom is 0.157 e. The Kier molecular flexibility index (Phi) is 4.79. The monoisotopic (exact) mass is 289 g/mol. The topological polar surface area (TPSA) is 31.4 Å². The molecule has 1 saturated heterocycles. The van der Waals surface area contributed by atoms with Crippen molar-refractivity contribution in [2.75, 3.05) is 13.2 Å². The van der Waals surface area contributed by atoms with Crippen LogP contribution in [0.3, 0.4) is 0 Å². The van der Waals surface area contributed by atoms with E-state index in [1.807, 2.05) is 12.4 Å². The lowest BCUT2D eigenvalue weighted by atomic mass is 10.1. The second kappa shape index (κ2) is 6.97. The smallest absolute Gasteiger partial charge is 0.157 e. The molecule has 1 aliphatic rings. The summed E-state index contributed by atoms with van der Waals surface area (Å²) in [5, 5.41) is 2.14. The molecule has 0 N–H and O–H groups in total. The summed E-state index contributed by atoms with van der Waals surface area (Å²) >= 11 is 1.77. The number of aromatic nitrogens is 1. The first-order chi connectivity index (χ1) is 9.93. The predicted molar refractivity (Wildman–Crippen MR) is 80.8 cm³/mol. The van der Waals surface area contributed by atoms with E-state index >= 15 is 0 Å². The van der Waals surface area contributed by atoms with Crippen LogP contribution in [0.2, 0.25) is 0 Å². The Balaban J connectivity index is 1.57. The molecule has 0 aliphatic carbocycles. The van der Waals surface area contributed by atoms with Gasteiger partial charge in [-0.3, -0.25) is 4.98 Å². The van der Waals surface area contributed by atoms with Crippen molar-refractivity contribution in [3.63, 3.8) is 0 Å². The molecule has 0 bridgehead atoms. The van der Waals surface area contributed by atoms with E-state index in [1.165, 1.54) is 22.4 Å². The summed E-state index contributed by atoms with van der Waals surface area (Å²) in [5.41, 5.74) is 2.58. The van der Waals surface area contributed by atoms with Gasteiger partial charge in [-0.2, -0.15) is 0 Å². The lowest BCUT2D eigenvalue weighted by Crippen LogP contribution is -2.23. The second-order valence-corrected chi connectivity index (χ2v) is 5.84. The Labute approximate surface area is 123 Å². The molecule has 1 fully saturated rings. The highest BCUT2D eigenvalue weighted by atomic mass is 32.1. The molecular formula is C16H19NO2S. The van der Waals surface area contributed by atoms with Gasteiger partial charge < -0.3 is 9.47 Å². The Bertz CT molecular complexity index is 520. The summed E-state index contributed by atoms with van der Waals surface area (Å²) in [7, 11) is 0. The van der Waals surface area contributed by atoms with Gasteiger partial charge in [0.25, 0.3) is 0 Å². The summed E-state index contributed by atoms with van der Waals surface area (Å²) in [4.78, 5) is 5.39.